The number of fused-ring (bicyclic) bond motifs is 3. The third-order valence-electron chi connectivity index (χ3n) is 4.26. The van der Waals surface area contributed by atoms with Crippen LogP contribution in [-0.4, -0.2) is 40.6 Å². The second-order valence-corrected chi connectivity index (χ2v) is 5.93. The Morgan fingerprint density at radius 3 is 2.81 bits per heavy atom. The Morgan fingerprint density at radius 2 is 2.00 bits per heavy atom. The van der Waals surface area contributed by atoms with E-state index in [0.717, 1.165) is 27.5 Å². The van der Waals surface area contributed by atoms with E-state index in [1.54, 1.807) is 20.4 Å². The predicted octanol–water partition coefficient (Wildman–Crippen LogP) is 3.28. The molecule has 4 aromatic rings. The van der Waals surface area contributed by atoms with Gasteiger partial charge in [0.25, 0.3) is 5.95 Å². The second kappa shape index (κ2) is 6.91. The minimum atomic E-state index is 0.296. The Hall–Kier alpha value is -3.68. The lowest BCUT2D eigenvalue weighted by atomic mass is 10.1. The molecule has 0 fully saturated rings. The van der Waals surface area contributed by atoms with E-state index in [4.69, 9.17) is 9.47 Å². The molecule has 0 saturated heterocycles. The number of nitrogens with one attached hydrogen (secondary N) is 2. The van der Waals surface area contributed by atoms with Crippen LogP contribution in [-0.2, 0) is 0 Å². The number of H-pyrrole nitrogens is 1. The minimum absolute atomic E-state index is 0.296. The van der Waals surface area contributed by atoms with Gasteiger partial charge in [0.1, 0.15) is 17.0 Å². The summed E-state index contributed by atoms with van der Waals surface area (Å²) in [6.45, 7) is 2.04. The minimum Gasteiger partial charge on any atom is -0.497 e. The first-order valence-electron chi connectivity index (χ1n) is 8.32. The third-order valence-corrected chi connectivity index (χ3v) is 4.26. The van der Waals surface area contributed by atoms with Crippen molar-refractivity contribution in [3.05, 3.63) is 47.5 Å². The molecule has 0 aliphatic heterocycles. The summed E-state index contributed by atoms with van der Waals surface area (Å²) in [4.78, 5) is 7.74. The summed E-state index contributed by atoms with van der Waals surface area (Å²) in [5, 5.41) is 13.6. The zero-order chi connectivity index (χ0) is 18.8. The van der Waals surface area contributed by atoms with Crippen molar-refractivity contribution in [1.29, 1.82) is 0 Å². The number of hydrazone groups is 1. The Morgan fingerprint density at radius 1 is 1.11 bits per heavy atom. The van der Waals surface area contributed by atoms with Gasteiger partial charge in [-0.15, -0.1) is 10.2 Å². The van der Waals surface area contributed by atoms with E-state index in [0.29, 0.717) is 23.1 Å². The van der Waals surface area contributed by atoms with Crippen molar-refractivity contribution in [3.8, 4) is 11.5 Å². The van der Waals surface area contributed by atoms with Crippen LogP contribution in [0.1, 0.15) is 11.1 Å². The Bertz CT molecular complexity index is 1150. The highest BCUT2D eigenvalue weighted by molar-refractivity contribution is 6.04. The molecule has 4 rings (SSSR count). The van der Waals surface area contributed by atoms with Crippen LogP contribution in [0.15, 0.2) is 41.5 Å². The fourth-order valence-corrected chi connectivity index (χ4v) is 2.89. The first-order chi connectivity index (χ1) is 13.2. The van der Waals surface area contributed by atoms with E-state index in [1.807, 2.05) is 43.3 Å². The molecule has 136 valence electrons. The zero-order valence-electron chi connectivity index (χ0n) is 15.1. The molecular weight excluding hydrogens is 344 g/mol. The highest BCUT2D eigenvalue weighted by atomic mass is 16.5. The van der Waals surface area contributed by atoms with Crippen LogP contribution < -0.4 is 14.9 Å². The molecule has 0 saturated carbocycles. The summed E-state index contributed by atoms with van der Waals surface area (Å²) < 4.78 is 10.6. The van der Waals surface area contributed by atoms with Gasteiger partial charge in [0.05, 0.1) is 26.0 Å². The Balaban J connectivity index is 1.61. The average Bonchev–Trinajstić information content (AvgIpc) is 3.07. The van der Waals surface area contributed by atoms with E-state index in [1.165, 1.54) is 0 Å². The summed E-state index contributed by atoms with van der Waals surface area (Å²) in [7, 11) is 3.21. The van der Waals surface area contributed by atoms with Crippen LogP contribution in [0.3, 0.4) is 0 Å². The standard InChI is InChI=1S/C19H18N6O2/c1-11-5-4-6-14-16(11)21-18-17(14)23-25-19(22-18)24-20-10-12-9-13(26-2)7-8-15(12)27-3/h4-10H,1-3H3,(H2,21,22,24,25). The van der Waals surface area contributed by atoms with Crippen LogP contribution in [0.25, 0.3) is 22.1 Å². The molecule has 2 heterocycles. The van der Waals surface area contributed by atoms with Crippen LogP contribution in [0.5, 0.6) is 11.5 Å². The number of methoxy groups -OCH3 is 2. The number of ether oxygens (including phenoxy) is 2. The molecular formula is C19H18N6O2. The van der Waals surface area contributed by atoms with Gasteiger partial charge in [-0.25, -0.2) is 5.43 Å². The van der Waals surface area contributed by atoms with Gasteiger partial charge in [0.2, 0.25) is 0 Å². The zero-order valence-corrected chi connectivity index (χ0v) is 15.1. The number of anilines is 1. The summed E-state index contributed by atoms with van der Waals surface area (Å²) in [6, 6.07) is 11.5. The lowest BCUT2D eigenvalue weighted by Gasteiger charge is -2.06. The first-order valence-corrected chi connectivity index (χ1v) is 8.32. The monoisotopic (exact) mass is 362 g/mol. The highest BCUT2D eigenvalue weighted by Crippen LogP contribution is 2.25. The molecule has 0 amide bonds. The molecule has 0 spiro atoms. The molecule has 8 heteroatoms. The van der Waals surface area contributed by atoms with Gasteiger partial charge in [-0.1, -0.05) is 18.2 Å². The van der Waals surface area contributed by atoms with Crippen molar-refractivity contribution in [3.63, 3.8) is 0 Å². The van der Waals surface area contributed by atoms with Gasteiger partial charge in [-0.2, -0.15) is 10.1 Å². The molecule has 0 aliphatic rings. The lowest BCUT2D eigenvalue weighted by Crippen LogP contribution is -2.00. The number of para-hydroxylation sites is 1. The van der Waals surface area contributed by atoms with Gasteiger partial charge in [-0.3, -0.25) is 0 Å². The maximum atomic E-state index is 5.33. The number of rotatable bonds is 5. The lowest BCUT2D eigenvalue weighted by molar-refractivity contribution is 0.402. The molecule has 0 radical (unpaired) electrons. The van der Waals surface area contributed by atoms with Crippen molar-refractivity contribution in [2.75, 3.05) is 19.6 Å². The number of aromatic nitrogens is 4. The molecule has 2 aromatic heterocycles. The Labute approximate surface area is 155 Å². The summed E-state index contributed by atoms with van der Waals surface area (Å²) in [6.07, 6.45) is 1.62. The number of nitrogens with zero attached hydrogens (tertiary/aromatic N) is 4. The number of aryl methyl sites for hydroxylation is 1. The largest absolute Gasteiger partial charge is 0.497 e. The summed E-state index contributed by atoms with van der Waals surface area (Å²) in [5.74, 6) is 1.69. The van der Waals surface area contributed by atoms with Gasteiger partial charge < -0.3 is 14.5 Å². The topological polar surface area (TPSA) is 97.3 Å². The fourth-order valence-electron chi connectivity index (χ4n) is 2.89. The number of aromatic amines is 1. The van der Waals surface area contributed by atoms with Gasteiger partial charge >= 0.3 is 0 Å². The number of benzene rings is 2. The van der Waals surface area contributed by atoms with Crippen LogP contribution in [0, 0.1) is 6.92 Å². The predicted molar refractivity (Wildman–Crippen MR) is 105 cm³/mol. The van der Waals surface area contributed by atoms with E-state index < -0.39 is 0 Å². The summed E-state index contributed by atoms with van der Waals surface area (Å²) >= 11 is 0. The molecule has 0 atom stereocenters. The molecule has 0 unspecified atom stereocenters. The molecule has 0 bridgehead atoms. The van der Waals surface area contributed by atoms with E-state index in [2.05, 4.69) is 30.7 Å². The maximum Gasteiger partial charge on any atom is 0.265 e. The smallest absolute Gasteiger partial charge is 0.265 e. The van der Waals surface area contributed by atoms with E-state index in [9.17, 15) is 0 Å². The number of hydrogen-bond acceptors (Lipinski definition) is 7. The van der Waals surface area contributed by atoms with Crippen molar-refractivity contribution >= 4 is 34.2 Å². The van der Waals surface area contributed by atoms with Gasteiger partial charge in [0, 0.05) is 10.9 Å². The van der Waals surface area contributed by atoms with Crippen molar-refractivity contribution in [2.45, 2.75) is 6.92 Å². The number of hydrogen-bond donors (Lipinski definition) is 2. The summed E-state index contributed by atoms with van der Waals surface area (Å²) in [5.41, 5.74) is 7.10. The maximum absolute atomic E-state index is 5.33. The highest BCUT2D eigenvalue weighted by Gasteiger charge is 2.10. The van der Waals surface area contributed by atoms with E-state index >= 15 is 0 Å². The third kappa shape index (κ3) is 3.12. The normalized spacial score (nSPS) is 11.4. The Kier molecular flexibility index (Phi) is 4.29. The molecule has 8 nitrogen and oxygen atoms in total. The molecule has 2 aromatic carbocycles. The molecule has 2 N–H and O–H groups in total. The average molecular weight is 362 g/mol. The van der Waals surface area contributed by atoms with Crippen molar-refractivity contribution < 1.29 is 9.47 Å². The quantitative estimate of drug-likeness (QED) is 0.418. The second-order valence-electron chi connectivity index (χ2n) is 5.93. The fraction of sp³-hybridized carbons (Fsp3) is 0.158. The molecule has 0 aliphatic carbocycles. The van der Waals surface area contributed by atoms with Crippen molar-refractivity contribution in [2.24, 2.45) is 5.10 Å². The molecule has 27 heavy (non-hydrogen) atoms. The van der Waals surface area contributed by atoms with Gasteiger partial charge in [0.15, 0.2) is 5.65 Å². The van der Waals surface area contributed by atoms with E-state index in [-0.39, 0.29) is 0 Å². The van der Waals surface area contributed by atoms with Gasteiger partial charge in [-0.05, 0) is 30.7 Å². The SMILES string of the molecule is COc1ccc(OC)c(C=NNc2nnc3c(n2)[nH]c2c(C)cccc23)c1. The van der Waals surface area contributed by atoms with Crippen molar-refractivity contribution in [1.82, 2.24) is 20.2 Å². The van der Waals surface area contributed by atoms with Crippen LogP contribution in [0.4, 0.5) is 5.95 Å². The van der Waals surface area contributed by atoms with Crippen LogP contribution in [0.2, 0.25) is 0 Å². The first kappa shape index (κ1) is 16.8. The van der Waals surface area contributed by atoms with Crippen LogP contribution >= 0.6 is 0 Å².